The van der Waals surface area contributed by atoms with Crippen LogP contribution in [0.2, 0.25) is 25.8 Å². The van der Waals surface area contributed by atoms with Crippen LogP contribution in [0.1, 0.15) is 22.6 Å². The Morgan fingerprint density at radius 2 is 1.10 bits per heavy atom. The van der Waals surface area contributed by atoms with Gasteiger partial charge in [-0.05, 0) is 39.0 Å². The van der Waals surface area contributed by atoms with E-state index in [1.165, 1.54) is 6.26 Å². The summed E-state index contributed by atoms with van der Waals surface area (Å²) in [6.07, 6.45) is 2.01. The number of hydrogen-bond donors (Lipinski definition) is 5. The lowest BCUT2D eigenvalue weighted by molar-refractivity contribution is 0.355. The lowest BCUT2D eigenvalue weighted by atomic mass is 10.2. The number of aryl methyl sites for hydroxylation is 3. The lowest BCUT2D eigenvalue weighted by Crippen LogP contribution is -2.11. The first kappa shape index (κ1) is 43.4. The molecule has 0 saturated carbocycles. The van der Waals surface area contributed by atoms with E-state index in [0.29, 0.717) is 85.3 Å². The van der Waals surface area contributed by atoms with Crippen molar-refractivity contribution in [3.05, 3.63) is 143 Å². The van der Waals surface area contributed by atoms with E-state index < -0.39 is 0 Å². The maximum absolute atomic E-state index is 11.6. The molecule has 0 aliphatic carbocycles. The normalized spacial score (nSPS) is 11.5. The molecular weight excluding hydrogens is 922 g/mol. The fourth-order valence-corrected chi connectivity index (χ4v) is 6.79. The van der Waals surface area contributed by atoms with Crippen LogP contribution in [0.4, 0.5) is 0 Å². The molecule has 62 heavy (non-hydrogen) atoms. The molecule has 0 fully saturated rings. The average Bonchev–Trinajstić information content (AvgIpc) is 4.11. The minimum atomic E-state index is -0.293. The van der Waals surface area contributed by atoms with Crippen molar-refractivity contribution in [1.29, 1.82) is 0 Å². The molecule has 0 spiro atoms. The van der Waals surface area contributed by atoms with Crippen LogP contribution in [0.3, 0.4) is 0 Å². The van der Waals surface area contributed by atoms with E-state index in [9.17, 15) is 24.0 Å². The first-order valence-corrected chi connectivity index (χ1v) is 19.4. The number of aromatic nitrogens is 10. The predicted molar refractivity (Wildman–Crippen MR) is 229 cm³/mol. The van der Waals surface area contributed by atoms with Crippen LogP contribution in [0.25, 0.3) is 54.8 Å². The van der Waals surface area contributed by atoms with E-state index in [2.05, 4.69) is 51.0 Å². The summed E-state index contributed by atoms with van der Waals surface area (Å²) in [6, 6.07) is 10.4. The monoisotopic (exact) mass is 944 g/mol. The van der Waals surface area contributed by atoms with Gasteiger partial charge in [0.15, 0.2) is 53.8 Å². The van der Waals surface area contributed by atoms with Crippen LogP contribution in [-0.2, 0) is 6.42 Å². The number of para-hydroxylation sites is 1. The van der Waals surface area contributed by atoms with Crippen molar-refractivity contribution in [2.45, 2.75) is 27.2 Å². The molecule has 1 aliphatic heterocycles. The van der Waals surface area contributed by atoms with Crippen molar-refractivity contribution in [2.24, 2.45) is 0 Å². The molecule has 1 aromatic carbocycles. The summed E-state index contributed by atoms with van der Waals surface area (Å²) in [4.78, 5) is 56.0. The van der Waals surface area contributed by atoms with Gasteiger partial charge >= 0.3 is 0 Å². The predicted octanol–water partition coefficient (Wildman–Crippen LogP) is 7.11. The summed E-state index contributed by atoms with van der Waals surface area (Å²) in [7, 11) is 0. The highest BCUT2D eigenvalue weighted by Gasteiger charge is 2.20. The van der Waals surface area contributed by atoms with Crippen LogP contribution in [0, 0.1) is 20.8 Å². The van der Waals surface area contributed by atoms with Gasteiger partial charge in [-0.15, -0.1) is 0 Å². The van der Waals surface area contributed by atoms with Crippen LogP contribution < -0.4 is 32.5 Å². The number of benzene rings is 1. The number of rotatable bonds is 0. The van der Waals surface area contributed by atoms with Crippen LogP contribution >= 0.6 is 58.0 Å². The number of hydrogen-bond acceptors (Lipinski definition) is 15. The third kappa shape index (κ3) is 8.72. The minimum Gasteiger partial charge on any atom is -0.489 e. The van der Waals surface area contributed by atoms with Gasteiger partial charge in [-0.3, -0.25) is 24.0 Å². The molecule has 10 aromatic rings. The molecule has 1 aliphatic rings. The van der Waals surface area contributed by atoms with E-state index in [0.717, 1.165) is 10.9 Å². The van der Waals surface area contributed by atoms with Crippen LogP contribution in [0.5, 0.6) is 5.75 Å². The number of ether oxygens (including phenoxy) is 1. The molecule has 0 bridgehead atoms. The molecule has 0 atom stereocenters. The van der Waals surface area contributed by atoms with Gasteiger partial charge in [0.2, 0.25) is 0 Å². The van der Waals surface area contributed by atoms with Crippen LogP contribution in [0.15, 0.2) is 84.3 Å². The second kappa shape index (κ2) is 18.1. The molecule has 0 saturated heterocycles. The largest absolute Gasteiger partial charge is 0.489 e. The summed E-state index contributed by atoms with van der Waals surface area (Å²) in [6.45, 7) is 5.86. The number of fused-ring (bicyclic) bond motifs is 7. The minimum absolute atomic E-state index is 0.167. The molecule has 25 heteroatoms. The topological polar surface area (TPSA) is 291 Å². The van der Waals surface area contributed by atoms with Gasteiger partial charge in [0, 0.05) is 17.4 Å². The van der Waals surface area contributed by atoms with Crippen molar-refractivity contribution in [2.75, 3.05) is 6.61 Å². The van der Waals surface area contributed by atoms with Crippen LogP contribution in [-0.4, -0.2) is 57.6 Å². The Hall–Kier alpha value is -6.71. The van der Waals surface area contributed by atoms with Crippen molar-refractivity contribution >= 4 is 113 Å². The van der Waals surface area contributed by atoms with Crippen molar-refractivity contribution in [3.63, 3.8) is 0 Å². The number of nitrogens with one attached hydrogen (secondary N) is 5. The first-order chi connectivity index (χ1) is 29.6. The summed E-state index contributed by atoms with van der Waals surface area (Å²) >= 11 is 28.5. The third-order valence-corrected chi connectivity index (χ3v) is 10.1. The zero-order chi connectivity index (χ0) is 44.4. The highest BCUT2D eigenvalue weighted by Crippen LogP contribution is 2.30. The molecule has 10 heterocycles. The molecule has 11 rings (SSSR count). The van der Waals surface area contributed by atoms with Gasteiger partial charge in [-0.1, -0.05) is 76.2 Å². The standard InChI is InChI=1S/C10H5ClN2O2.C8H7ClN2O2.C7H5ClN2O2.C6H5ClN2O2.C6H3ClN2O2/c11-9-8-7(10(14)13-12-9)5-3-1-2-4-6(5)15-8;1-3-4(2)13-6-5(3)8(12)11-10-7(6)9;1-3-2-4-5(12-3)6(8)9-10-7(4)11;2*7-5-4-3(1-2-11-4)6(10)9-8-5/h1-4H,(H,13,14);1-2H3,(H,11,12);2H,1H3,(H,10,11);1-2H2,(H,9,10);1-2H,(H,9,10). The number of aromatic amines is 5. The quantitative estimate of drug-likeness (QED) is 0.101. The first-order valence-electron chi connectivity index (χ1n) is 17.5. The van der Waals surface area contributed by atoms with E-state index in [-0.39, 0.29) is 53.6 Å². The summed E-state index contributed by atoms with van der Waals surface area (Å²) in [5.74, 6) is 1.77. The Kier molecular flexibility index (Phi) is 12.7. The van der Waals surface area contributed by atoms with E-state index in [1.54, 1.807) is 32.0 Å². The maximum Gasteiger partial charge on any atom is 0.276 e. The lowest BCUT2D eigenvalue weighted by Gasteiger charge is -1.97. The van der Waals surface area contributed by atoms with Gasteiger partial charge in [-0.2, -0.15) is 25.5 Å². The van der Waals surface area contributed by atoms with Crippen molar-refractivity contribution in [3.8, 4) is 5.75 Å². The van der Waals surface area contributed by atoms with E-state index in [1.807, 2.05) is 25.1 Å². The molecule has 0 radical (unpaired) electrons. The molecule has 0 unspecified atom stereocenters. The number of halogens is 5. The maximum atomic E-state index is 11.6. The fourth-order valence-electron chi connectivity index (χ4n) is 5.86. The second-order valence-electron chi connectivity index (χ2n) is 12.7. The van der Waals surface area contributed by atoms with Gasteiger partial charge < -0.3 is 22.4 Å². The third-order valence-electron chi connectivity index (χ3n) is 8.81. The van der Waals surface area contributed by atoms with Gasteiger partial charge in [-0.25, -0.2) is 25.5 Å². The molecule has 318 valence electrons. The number of H-pyrrole nitrogens is 5. The molecule has 9 aromatic heterocycles. The highest BCUT2D eigenvalue weighted by atomic mass is 35.5. The Morgan fingerprint density at radius 1 is 0.548 bits per heavy atom. The van der Waals surface area contributed by atoms with Gasteiger partial charge in [0.05, 0.1) is 40.0 Å². The van der Waals surface area contributed by atoms with Crippen molar-refractivity contribution in [1.82, 2.24) is 51.0 Å². The average molecular weight is 947 g/mol. The van der Waals surface area contributed by atoms with Gasteiger partial charge in [0.25, 0.3) is 27.8 Å². The SMILES string of the molecule is Cc1cc2c(=O)[nH]nc(Cl)c2o1.Cc1oc2c(Cl)n[nH]c(=O)c2c1C.O=c1[nH]nc(Cl)c2c1CCO2.O=c1[nH]nc(Cl)c2oc3ccccc3c12.O=c1[nH]nc(Cl)c2occc12. The number of furan rings is 4. The number of nitrogens with zero attached hydrogens (tertiary/aromatic N) is 5. The molecule has 5 N–H and O–H groups in total. The van der Waals surface area contributed by atoms with E-state index >= 15 is 0 Å². The Bertz CT molecular complexity index is 3600. The summed E-state index contributed by atoms with van der Waals surface area (Å²) < 4.78 is 25.9. The Labute approximate surface area is 367 Å². The Balaban J connectivity index is 0.000000117. The van der Waals surface area contributed by atoms with Crippen molar-refractivity contribution < 1.29 is 22.4 Å². The zero-order valence-corrected chi connectivity index (χ0v) is 35.4. The highest BCUT2D eigenvalue weighted by molar-refractivity contribution is 6.35. The molecule has 20 nitrogen and oxygen atoms in total. The smallest absolute Gasteiger partial charge is 0.276 e. The molecule has 0 amide bonds. The fraction of sp³-hybridized carbons (Fsp3) is 0.135. The second-order valence-corrected chi connectivity index (χ2v) is 14.5. The van der Waals surface area contributed by atoms with Gasteiger partial charge in [0.1, 0.15) is 17.1 Å². The zero-order valence-electron chi connectivity index (χ0n) is 31.7. The molecular formula is C37H25Cl5N10O10. The summed E-state index contributed by atoms with van der Waals surface area (Å²) in [5.41, 5.74) is 2.06. The van der Waals surface area contributed by atoms with E-state index in [4.69, 9.17) is 80.4 Å². The summed E-state index contributed by atoms with van der Waals surface area (Å²) in [5, 5.41) is 32.7. The Morgan fingerprint density at radius 3 is 1.73 bits per heavy atom.